The lowest BCUT2D eigenvalue weighted by atomic mass is 10.3. The molecule has 2 rings (SSSR count). The van der Waals surface area contributed by atoms with Gasteiger partial charge in [-0.1, -0.05) is 0 Å². The molecule has 2 fully saturated rings. The van der Waals surface area contributed by atoms with E-state index in [0.29, 0.717) is 12.8 Å². The van der Waals surface area contributed by atoms with Gasteiger partial charge in [0, 0.05) is 14.2 Å². The molecule has 0 aromatic rings. The Kier molecular flexibility index (Phi) is 4.11. The molecular formula is C11H18O6. The van der Waals surface area contributed by atoms with Crippen LogP contribution < -0.4 is 0 Å². The van der Waals surface area contributed by atoms with E-state index in [1.54, 1.807) is 0 Å². The fourth-order valence-electron chi connectivity index (χ4n) is 1.41. The molecule has 0 saturated heterocycles. The van der Waals surface area contributed by atoms with E-state index < -0.39 is 17.2 Å². The van der Waals surface area contributed by atoms with Crippen LogP contribution in [0, 0.1) is 0 Å². The molecule has 0 atom stereocenters. The van der Waals surface area contributed by atoms with Crippen LogP contribution in [0.15, 0.2) is 0 Å². The zero-order valence-corrected chi connectivity index (χ0v) is 10.3. The van der Waals surface area contributed by atoms with Gasteiger partial charge in [-0.25, -0.2) is 9.59 Å². The topological polar surface area (TPSA) is 82.1 Å². The summed E-state index contributed by atoms with van der Waals surface area (Å²) in [5.74, 6) is -1.08. The zero-order chi connectivity index (χ0) is 13.1. The molecule has 6 heteroatoms. The minimum absolute atomic E-state index is 0.245. The van der Waals surface area contributed by atoms with Crippen molar-refractivity contribution in [1.82, 2.24) is 0 Å². The van der Waals surface area contributed by atoms with E-state index in [0.717, 1.165) is 12.8 Å². The maximum atomic E-state index is 10.8. The van der Waals surface area contributed by atoms with Gasteiger partial charge in [-0.3, -0.25) is 0 Å². The summed E-state index contributed by atoms with van der Waals surface area (Å²) >= 11 is 0. The second-order valence-electron chi connectivity index (χ2n) is 4.19. The van der Waals surface area contributed by atoms with Crippen LogP contribution in [0.3, 0.4) is 0 Å². The highest BCUT2D eigenvalue weighted by atomic mass is 16.6. The first-order valence-corrected chi connectivity index (χ1v) is 5.38. The van der Waals surface area contributed by atoms with E-state index >= 15 is 0 Å². The molecular weight excluding hydrogens is 228 g/mol. The van der Waals surface area contributed by atoms with Crippen LogP contribution in [-0.4, -0.2) is 49.6 Å². The van der Waals surface area contributed by atoms with Gasteiger partial charge in [-0.05, 0) is 25.7 Å². The molecule has 2 aliphatic rings. The molecule has 0 spiro atoms. The molecule has 0 heterocycles. The van der Waals surface area contributed by atoms with Gasteiger partial charge >= 0.3 is 11.9 Å². The Balaban J connectivity index is 0.000000171. The van der Waals surface area contributed by atoms with Gasteiger partial charge in [0.1, 0.15) is 0 Å². The van der Waals surface area contributed by atoms with Crippen molar-refractivity contribution in [1.29, 1.82) is 0 Å². The fourth-order valence-corrected chi connectivity index (χ4v) is 1.41. The number of rotatable bonds is 4. The van der Waals surface area contributed by atoms with Crippen molar-refractivity contribution in [3.8, 4) is 0 Å². The molecule has 0 bridgehead atoms. The van der Waals surface area contributed by atoms with Crippen LogP contribution in [0.2, 0.25) is 0 Å². The van der Waals surface area contributed by atoms with E-state index in [2.05, 4.69) is 4.74 Å². The van der Waals surface area contributed by atoms with Crippen molar-refractivity contribution in [3.63, 3.8) is 0 Å². The van der Waals surface area contributed by atoms with Crippen LogP contribution in [0.1, 0.15) is 25.7 Å². The van der Waals surface area contributed by atoms with Gasteiger partial charge in [0.2, 0.25) is 0 Å². The Hall–Kier alpha value is -1.14. The van der Waals surface area contributed by atoms with Gasteiger partial charge in [0.15, 0.2) is 11.2 Å². The van der Waals surface area contributed by atoms with Crippen LogP contribution in [0.4, 0.5) is 0 Å². The van der Waals surface area contributed by atoms with E-state index in [4.69, 9.17) is 14.6 Å². The Bertz CT molecular complexity index is 303. The monoisotopic (exact) mass is 246 g/mol. The van der Waals surface area contributed by atoms with Crippen LogP contribution >= 0.6 is 0 Å². The van der Waals surface area contributed by atoms with Crippen molar-refractivity contribution in [2.24, 2.45) is 0 Å². The molecule has 1 N–H and O–H groups in total. The standard InChI is InChI=1S/C6H10O3.C5H8O3/c1-8-5(7)6(9-2)3-4-6;1-8-5(2-3-5)4(6)7/h3-4H2,1-2H3;2-3H2,1H3,(H,6,7). The number of methoxy groups -OCH3 is 3. The highest BCUT2D eigenvalue weighted by Gasteiger charge is 2.52. The van der Waals surface area contributed by atoms with E-state index in [1.807, 2.05) is 0 Å². The number of carbonyl (C=O) groups is 2. The highest BCUT2D eigenvalue weighted by molar-refractivity contribution is 5.82. The molecule has 0 unspecified atom stereocenters. The lowest BCUT2D eigenvalue weighted by Crippen LogP contribution is -2.25. The summed E-state index contributed by atoms with van der Waals surface area (Å²) in [4.78, 5) is 21.0. The van der Waals surface area contributed by atoms with Crippen LogP contribution in [0.5, 0.6) is 0 Å². The average Bonchev–Trinajstić information content (AvgIpc) is 3.20. The predicted octanol–water partition coefficient (Wildman–Crippen LogP) is 0.588. The summed E-state index contributed by atoms with van der Waals surface area (Å²) in [6.45, 7) is 0. The second-order valence-corrected chi connectivity index (χ2v) is 4.19. The minimum Gasteiger partial charge on any atom is -0.479 e. The summed E-state index contributed by atoms with van der Waals surface area (Å²) in [6.07, 6.45) is 2.93. The number of hydrogen-bond acceptors (Lipinski definition) is 5. The number of carboxylic acid groups (broad SMARTS) is 1. The lowest BCUT2D eigenvalue weighted by molar-refractivity contribution is -0.155. The lowest BCUT2D eigenvalue weighted by Gasteiger charge is -2.08. The highest BCUT2D eigenvalue weighted by Crippen LogP contribution is 2.39. The first-order valence-electron chi connectivity index (χ1n) is 5.38. The molecule has 0 amide bonds. The summed E-state index contributed by atoms with van der Waals surface area (Å²) < 4.78 is 14.1. The SMILES string of the molecule is COC(=O)C1(OC)CC1.COC1(C(=O)O)CC1. The summed E-state index contributed by atoms with van der Waals surface area (Å²) in [6, 6.07) is 0. The fraction of sp³-hybridized carbons (Fsp3) is 0.818. The number of carboxylic acids is 1. The van der Waals surface area contributed by atoms with E-state index in [-0.39, 0.29) is 5.97 Å². The molecule has 0 radical (unpaired) electrons. The molecule has 98 valence electrons. The first kappa shape index (κ1) is 13.9. The van der Waals surface area contributed by atoms with Crippen molar-refractivity contribution in [2.45, 2.75) is 36.9 Å². The average molecular weight is 246 g/mol. The summed E-state index contributed by atoms with van der Waals surface area (Å²) in [7, 11) is 4.34. The molecule has 2 aliphatic carbocycles. The van der Waals surface area contributed by atoms with Crippen LogP contribution in [-0.2, 0) is 23.8 Å². The van der Waals surface area contributed by atoms with Crippen molar-refractivity contribution in [3.05, 3.63) is 0 Å². The summed E-state index contributed by atoms with van der Waals surface area (Å²) in [5.41, 5.74) is -1.35. The third kappa shape index (κ3) is 2.95. The quantitative estimate of drug-likeness (QED) is 0.731. The Morgan fingerprint density at radius 3 is 1.41 bits per heavy atom. The third-order valence-electron chi connectivity index (χ3n) is 3.14. The smallest absolute Gasteiger partial charge is 0.338 e. The molecule has 0 aromatic carbocycles. The van der Waals surface area contributed by atoms with Crippen molar-refractivity contribution in [2.75, 3.05) is 21.3 Å². The van der Waals surface area contributed by atoms with E-state index in [1.165, 1.54) is 21.3 Å². The van der Waals surface area contributed by atoms with Crippen LogP contribution in [0.25, 0.3) is 0 Å². The normalized spacial score (nSPS) is 21.8. The first-order chi connectivity index (χ1) is 7.96. The predicted molar refractivity (Wildman–Crippen MR) is 57.6 cm³/mol. The van der Waals surface area contributed by atoms with E-state index in [9.17, 15) is 9.59 Å². The van der Waals surface area contributed by atoms with Gasteiger partial charge in [0.05, 0.1) is 7.11 Å². The van der Waals surface area contributed by atoms with Gasteiger partial charge in [-0.2, -0.15) is 0 Å². The molecule has 2 saturated carbocycles. The number of carbonyl (C=O) groups excluding carboxylic acids is 1. The van der Waals surface area contributed by atoms with Gasteiger partial charge in [0.25, 0.3) is 0 Å². The molecule has 17 heavy (non-hydrogen) atoms. The maximum Gasteiger partial charge on any atom is 0.338 e. The Labute approximate surface area is 99.8 Å². The van der Waals surface area contributed by atoms with Crippen molar-refractivity contribution < 1.29 is 28.9 Å². The Morgan fingerprint density at radius 2 is 1.35 bits per heavy atom. The number of esters is 1. The zero-order valence-electron chi connectivity index (χ0n) is 10.3. The number of ether oxygens (including phenoxy) is 3. The van der Waals surface area contributed by atoms with Gasteiger partial charge in [-0.15, -0.1) is 0 Å². The number of aliphatic carboxylic acids is 1. The number of hydrogen-bond donors (Lipinski definition) is 1. The van der Waals surface area contributed by atoms with Crippen molar-refractivity contribution >= 4 is 11.9 Å². The molecule has 0 aromatic heterocycles. The maximum absolute atomic E-state index is 10.8. The molecule has 0 aliphatic heterocycles. The Morgan fingerprint density at radius 1 is 0.941 bits per heavy atom. The second kappa shape index (κ2) is 5.01. The largest absolute Gasteiger partial charge is 0.479 e. The summed E-state index contributed by atoms with van der Waals surface area (Å²) in [5, 5.41) is 8.38. The third-order valence-corrected chi connectivity index (χ3v) is 3.14. The van der Waals surface area contributed by atoms with Gasteiger partial charge < -0.3 is 19.3 Å². The molecule has 6 nitrogen and oxygen atoms in total. The minimum atomic E-state index is -0.833.